The molecule has 0 bridgehead atoms. The van der Waals surface area contributed by atoms with E-state index in [-0.39, 0.29) is 0 Å². The van der Waals surface area contributed by atoms with Gasteiger partial charge in [-0.25, -0.2) is 4.99 Å². The maximum absolute atomic E-state index is 6.27. The third-order valence-electron chi connectivity index (χ3n) is 4.56. The van der Waals surface area contributed by atoms with Crippen LogP contribution in [-0.4, -0.2) is 48.9 Å². The molecule has 0 atom stereocenters. The van der Waals surface area contributed by atoms with Gasteiger partial charge >= 0.3 is 0 Å². The number of hydrogen-bond donors (Lipinski definition) is 1. The van der Waals surface area contributed by atoms with Crippen LogP contribution in [-0.2, 0) is 0 Å². The normalized spacial score (nSPS) is 17.3. The van der Waals surface area contributed by atoms with Crippen LogP contribution in [0.4, 0.5) is 17.1 Å². The van der Waals surface area contributed by atoms with Gasteiger partial charge in [0.2, 0.25) is 0 Å². The molecule has 25 heavy (non-hydrogen) atoms. The number of halogens is 3. The average Bonchev–Trinajstić information content (AvgIpc) is 2.73. The number of piperazine rings is 1. The largest absolute Gasteiger partial charge is 0.353 e. The highest BCUT2D eigenvalue weighted by Crippen LogP contribution is 2.40. The van der Waals surface area contributed by atoms with E-state index in [0.29, 0.717) is 15.1 Å². The smallest absolute Gasteiger partial charge is 0.138 e. The number of fused-ring (bicyclic) bond motifs is 2. The van der Waals surface area contributed by atoms with Crippen molar-refractivity contribution in [1.82, 2.24) is 9.80 Å². The number of anilines is 2. The lowest BCUT2D eigenvalue weighted by molar-refractivity contribution is 0.216. The first-order valence-electron chi connectivity index (χ1n) is 8.09. The van der Waals surface area contributed by atoms with Crippen LogP contribution in [0.3, 0.4) is 0 Å². The number of benzene rings is 2. The van der Waals surface area contributed by atoms with Gasteiger partial charge in [0.15, 0.2) is 0 Å². The average molecular weight is 396 g/mol. The van der Waals surface area contributed by atoms with Crippen molar-refractivity contribution in [3.05, 3.63) is 51.0 Å². The van der Waals surface area contributed by atoms with Crippen LogP contribution < -0.4 is 5.32 Å². The van der Waals surface area contributed by atoms with E-state index in [1.54, 1.807) is 6.07 Å². The van der Waals surface area contributed by atoms with Gasteiger partial charge in [0, 0.05) is 42.5 Å². The molecule has 0 spiro atoms. The summed E-state index contributed by atoms with van der Waals surface area (Å²) in [6.07, 6.45) is 0. The van der Waals surface area contributed by atoms with Gasteiger partial charge in [-0.15, -0.1) is 0 Å². The van der Waals surface area contributed by atoms with Gasteiger partial charge in [0.1, 0.15) is 5.84 Å². The second-order valence-electron chi connectivity index (χ2n) is 6.32. The molecule has 1 fully saturated rings. The molecule has 2 aliphatic heterocycles. The van der Waals surface area contributed by atoms with E-state index in [4.69, 9.17) is 39.8 Å². The summed E-state index contributed by atoms with van der Waals surface area (Å²) < 4.78 is 0. The molecule has 1 N–H and O–H groups in total. The molecule has 4 rings (SSSR count). The molecule has 4 nitrogen and oxygen atoms in total. The highest BCUT2D eigenvalue weighted by Gasteiger charge is 2.24. The standard InChI is InChI=1S/C18H17Cl3N4/c1-24-4-6-25(7-5-24)18-12-8-11(19)2-3-15(12)22-16-9-13(20)14(21)10-17(16)23-18/h2-3,8-10,22H,4-7H2,1H3. The number of rotatable bonds is 0. The second-order valence-corrected chi connectivity index (χ2v) is 7.57. The fourth-order valence-corrected chi connectivity index (χ4v) is 3.61. The number of nitrogens with zero attached hydrogens (tertiary/aromatic N) is 3. The van der Waals surface area contributed by atoms with Crippen LogP contribution >= 0.6 is 34.8 Å². The lowest BCUT2D eigenvalue weighted by atomic mass is 10.1. The van der Waals surface area contributed by atoms with Gasteiger partial charge in [0.05, 0.1) is 21.4 Å². The third kappa shape index (κ3) is 3.32. The Labute approximate surface area is 162 Å². The molecular weight excluding hydrogens is 379 g/mol. The van der Waals surface area contributed by atoms with Crippen LogP contribution in [0, 0.1) is 0 Å². The van der Waals surface area contributed by atoms with E-state index in [1.807, 2.05) is 24.3 Å². The number of nitrogens with one attached hydrogen (secondary N) is 1. The predicted octanol–water partition coefficient (Wildman–Crippen LogP) is 5.03. The molecule has 1 saturated heterocycles. The summed E-state index contributed by atoms with van der Waals surface area (Å²) in [4.78, 5) is 9.55. The van der Waals surface area contributed by atoms with Gasteiger partial charge in [-0.1, -0.05) is 34.8 Å². The topological polar surface area (TPSA) is 30.9 Å². The zero-order valence-electron chi connectivity index (χ0n) is 13.7. The van der Waals surface area contributed by atoms with Crippen molar-refractivity contribution >= 4 is 57.7 Å². The summed E-state index contributed by atoms with van der Waals surface area (Å²) in [6.45, 7) is 3.82. The van der Waals surface area contributed by atoms with Gasteiger partial charge in [-0.3, -0.25) is 0 Å². The molecule has 0 radical (unpaired) electrons. The van der Waals surface area contributed by atoms with Crippen molar-refractivity contribution in [2.75, 3.05) is 38.5 Å². The summed E-state index contributed by atoms with van der Waals surface area (Å²) in [7, 11) is 2.13. The molecule has 130 valence electrons. The molecular formula is C18H17Cl3N4. The summed E-state index contributed by atoms with van der Waals surface area (Å²) in [5, 5.41) is 5.10. The van der Waals surface area contributed by atoms with E-state index >= 15 is 0 Å². The Kier molecular flexibility index (Phi) is 4.54. The van der Waals surface area contributed by atoms with Crippen molar-refractivity contribution < 1.29 is 0 Å². The number of amidine groups is 1. The first kappa shape index (κ1) is 17.0. The molecule has 0 saturated carbocycles. The zero-order valence-corrected chi connectivity index (χ0v) is 16.0. The lowest BCUT2D eigenvalue weighted by Gasteiger charge is -2.34. The molecule has 2 aromatic carbocycles. The van der Waals surface area contributed by atoms with Crippen molar-refractivity contribution in [2.24, 2.45) is 4.99 Å². The zero-order chi connectivity index (χ0) is 17.6. The van der Waals surface area contributed by atoms with Crippen LogP contribution in [0.1, 0.15) is 5.56 Å². The van der Waals surface area contributed by atoms with Gasteiger partial charge in [-0.05, 0) is 37.4 Å². The Hall–Kier alpha value is -1.46. The fourth-order valence-electron chi connectivity index (χ4n) is 3.12. The van der Waals surface area contributed by atoms with Gasteiger partial charge in [-0.2, -0.15) is 0 Å². The molecule has 2 aliphatic rings. The minimum absolute atomic E-state index is 0.493. The summed E-state index contributed by atoms with van der Waals surface area (Å²) >= 11 is 18.7. The summed E-state index contributed by atoms with van der Waals surface area (Å²) in [6, 6.07) is 9.42. The van der Waals surface area contributed by atoms with E-state index in [2.05, 4.69) is 22.2 Å². The van der Waals surface area contributed by atoms with Crippen LogP contribution in [0.25, 0.3) is 0 Å². The molecule has 2 heterocycles. The van der Waals surface area contributed by atoms with Crippen LogP contribution in [0.5, 0.6) is 0 Å². The van der Waals surface area contributed by atoms with E-state index in [0.717, 1.165) is 54.6 Å². The lowest BCUT2D eigenvalue weighted by Crippen LogP contribution is -2.47. The SMILES string of the molecule is CN1CCN(C2=Nc3cc(Cl)c(Cl)cc3Nc3ccc(Cl)cc32)CC1. The monoisotopic (exact) mass is 394 g/mol. The molecule has 7 heteroatoms. The van der Waals surface area contributed by atoms with Gasteiger partial charge in [0.25, 0.3) is 0 Å². The Bertz CT molecular complexity index is 858. The van der Waals surface area contributed by atoms with Gasteiger partial charge < -0.3 is 15.1 Å². The number of hydrogen-bond acceptors (Lipinski definition) is 4. The van der Waals surface area contributed by atoms with Crippen molar-refractivity contribution in [2.45, 2.75) is 0 Å². The minimum atomic E-state index is 0.493. The van der Waals surface area contributed by atoms with Crippen molar-refractivity contribution in [1.29, 1.82) is 0 Å². The Morgan fingerprint density at radius 3 is 2.40 bits per heavy atom. The maximum Gasteiger partial charge on any atom is 0.138 e. The van der Waals surface area contributed by atoms with Crippen molar-refractivity contribution in [3.8, 4) is 0 Å². The predicted molar refractivity (Wildman–Crippen MR) is 106 cm³/mol. The maximum atomic E-state index is 6.27. The number of aliphatic imine (C=N–C) groups is 1. The minimum Gasteiger partial charge on any atom is -0.353 e. The Balaban J connectivity index is 1.87. The quantitative estimate of drug-likeness (QED) is 0.679. The van der Waals surface area contributed by atoms with Crippen LogP contribution in [0.2, 0.25) is 15.1 Å². The van der Waals surface area contributed by atoms with Crippen molar-refractivity contribution in [3.63, 3.8) is 0 Å². The first-order chi connectivity index (χ1) is 12.0. The van der Waals surface area contributed by atoms with E-state index < -0.39 is 0 Å². The third-order valence-corrected chi connectivity index (χ3v) is 5.52. The fraction of sp³-hybridized carbons (Fsp3) is 0.278. The number of likely N-dealkylation sites (N-methyl/N-ethyl adjacent to an activating group) is 1. The van der Waals surface area contributed by atoms with Crippen LogP contribution in [0.15, 0.2) is 35.3 Å². The Morgan fingerprint density at radius 2 is 1.64 bits per heavy atom. The summed E-state index contributed by atoms with van der Waals surface area (Å²) in [5.74, 6) is 0.912. The van der Waals surface area contributed by atoms with E-state index in [1.165, 1.54) is 0 Å². The highest BCUT2D eigenvalue weighted by atomic mass is 35.5. The highest BCUT2D eigenvalue weighted by molar-refractivity contribution is 6.42. The Morgan fingerprint density at radius 1 is 0.920 bits per heavy atom. The molecule has 0 aromatic heterocycles. The second kappa shape index (κ2) is 6.69. The van der Waals surface area contributed by atoms with E-state index in [9.17, 15) is 0 Å². The molecule has 0 unspecified atom stereocenters. The molecule has 0 amide bonds. The first-order valence-corrected chi connectivity index (χ1v) is 9.23. The summed E-state index contributed by atoms with van der Waals surface area (Å²) in [5.41, 5.74) is 3.55. The molecule has 2 aromatic rings. The molecule has 0 aliphatic carbocycles.